The molecule has 0 aliphatic heterocycles. The van der Waals surface area contributed by atoms with E-state index in [1.807, 2.05) is 0 Å². The second-order valence-electron chi connectivity index (χ2n) is 5.57. The Hall–Kier alpha value is -3.01. The van der Waals surface area contributed by atoms with Crippen LogP contribution in [0.4, 0.5) is 13.2 Å². The highest BCUT2D eigenvalue weighted by molar-refractivity contribution is 7.15. The highest BCUT2D eigenvalue weighted by atomic mass is 32.1. The molecule has 0 unspecified atom stereocenters. The maximum absolute atomic E-state index is 14.4. The van der Waals surface area contributed by atoms with Gasteiger partial charge in [0.1, 0.15) is 0 Å². The van der Waals surface area contributed by atoms with E-state index in [1.54, 1.807) is 0 Å². The molecular weight excluding hydrogens is 387 g/mol. The van der Waals surface area contributed by atoms with Crippen molar-refractivity contribution < 1.29 is 37.7 Å². The van der Waals surface area contributed by atoms with Gasteiger partial charge >= 0.3 is 12.6 Å². The number of thiophene rings is 1. The van der Waals surface area contributed by atoms with Gasteiger partial charge in [0.2, 0.25) is 0 Å². The summed E-state index contributed by atoms with van der Waals surface area (Å²) in [4.78, 5) is 24.1. The molecule has 3 aromatic rings. The molecule has 0 bridgehead atoms. The van der Waals surface area contributed by atoms with Gasteiger partial charge in [-0.25, -0.2) is 4.39 Å². The number of hydrogen-bond acceptors (Lipinski definition) is 5. The van der Waals surface area contributed by atoms with E-state index in [2.05, 4.69) is 4.74 Å². The Bertz CT molecular complexity index is 1060. The van der Waals surface area contributed by atoms with Crippen molar-refractivity contribution in [1.29, 1.82) is 0 Å². The monoisotopic (exact) mass is 399 g/mol. The SMILES string of the molecule is Cc1c(CC(=O)O)c2c(F)c(O)ccc2n1C(=O)c1ccc(OC(F)F)s1. The van der Waals surface area contributed by atoms with E-state index in [9.17, 15) is 27.9 Å². The van der Waals surface area contributed by atoms with Gasteiger partial charge in [-0.15, -0.1) is 0 Å². The number of ether oxygens (including phenoxy) is 1. The lowest BCUT2D eigenvalue weighted by Crippen LogP contribution is -2.12. The molecule has 0 aliphatic carbocycles. The molecule has 6 nitrogen and oxygen atoms in total. The van der Waals surface area contributed by atoms with E-state index in [4.69, 9.17) is 5.11 Å². The van der Waals surface area contributed by atoms with E-state index < -0.39 is 36.5 Å². The van der Waals surface area contributed by atoms with Crippen LogP contribution in [-0.2, 0) is 11.2 Å². The van der Waals surface area contributed by atoms with E-state index in [1.165, 1.54) is 25.1 Å². The number of aliphatic carboxylic acids is 1. The summed E-state index contributed by atoms with van der Waals surface area (Å²) in [7, 11) is 0. The standard InChI is InChI=1S/C17H12F3NO5S/c1-7-8(6-12(23)24)14-9(2-3-10(22)15(14)18)21(7)16(25)11-4-5-13(27-11)26-17(19)20/h2-5,17,22H,6H2,1H3,(H,23,24). The summed E-state index contributed by atoms with van der Waals surface area (Å²) in [5.74, 6) is -3.61. The average Bonchev–Trinajstić information content (AvgIpc) is 3.13. The van der Waals surface area contributed by atoms with Crippen LogP contribution in [0.2, 0.25) is 0 Å². The Kier molecular flexibility index (Phi) is 4.83. The molecule has 0 radical (unpaired) electrons. The molecule has 142 valence electrons. The quantitative estimate of drug-likeness (QED) is 0.682. The lowest BCUT2D eigenvalue weighted by atomic mass is 10.1. The van der Waals surface area contributed by atoms with Crippen LogP contribution in [0.1, 0.15) is 20.9 Å². The Morgan fingerprint density at radius 3 is 2.59 bits per heavy atom. The molecular formula is C17H12F3NO5S. The van der Waals surface area contributed by atoms with Crippen molar-refractivity contribution in [2.75, 3.05) is 0 Å². The third-order valence-electron chi connectivity index (χ3n) is 3.94. The Balaban J connectivity index is 2.18. The fourth-order valence-corrected chi connectivity index (χ4v) is 3.64. The van der Waals surface area contributed by atoms with Gasteiger partial charge in [0, 0.05) is 11.1 Å². The smallest absolute Gasteiger partial charge is 0.388 e. The van der Waals surface area contributed by atoms with Crippen molar-refractivity contribution in [3.8, 4) is 10.8 Å². The number of carboxylic acids is 1. The third-order valence-corrected chi connectivity index (χ3v) is 4.91. The fraction of sp³-hybridized carbons (Fsp3) is 0.176. The van der Waals surface area contributed by atoms with Crippen LogP contribution in [0.3, 0.4) is 0 Å². The molecule has 0 amide bonds. The predicted octanol–water partition coefficient (Wildman–Crippen LogP) is 3.77. The number of carboxylic acid groups (broad SMARTS) is 1. The highest BCUT2D eigenvalue weighted by Crippen LogP contribution is 2.35. The minimum Gasteiger partial charge on any atom is -0.505 e. The number of phenolic OH excluding ortho intramolecular Hbond substituents is 1. The van der Waals surface area contributed by atoms with Crippen molar-refractivity contribution in [3.63, 3.8) is 0 Å². The molecule has 27 heavy (non-hydrogen) atoms. The average molecular weight is 399 g/mol. The zero-order valence-corrected chi connectivity index (χ0v) is 14.5. The van der Waals surface area contributed by atoms with Crippen molar-refractivity contribution in [1.82, 2.24) is 4.57 Å². The molecule has 0 saturated carbocycles. The lowest BCUT2D eigenvalue weighted by molar-refractivity contribution is -0.136. The molecule has 2 heterocycles. The van der Waals surface area contributed by atoms with Crippen molar-refractivity contribution >= 4 is 34.1 Å². The molecule has 0 spiro atoms. The fourth-order valence-electron chi connectivity index (χ4n) is 2.85. The first-order valence-corrected chi connectivity index (χ1v) is 8.34. The number of nitrogens with zero attached hydrogens (tertiary/aromatic N) is 1. The molecule has 2 aromatic heterocycles. The van der Waals surface area contributed by atoms with Crippen molar-refractivity contribution in [2.24, 2.45) is 0 Å². The van der Waals surface area contributed by atoms with Gasteiger partial charge in [-0.1, -0.05) is 11.3 Å². The number of carbonyl (C=O) groups excluding carboxylic acids is 1. The van der Waals surface area contributed by atoms with Crippen LogP contribution in [0.5, 0.6) is 10.8 Å². The van der Waals surface area contributed by atoms with Crippen LogP contribution < -0.4 is 4.74 Å². The number of rotatable bonds is 5. The first kappa shape index (κ1) is 18.8. The molecule has 0 fully saturated rings. The van der Waals surface area contributed by atoms with E-state index in [-0.39, 0.29) is 32.1 Å². The summed E-state index contributed by atoms with van der Waals surface area (Å²) in [6.07, 6.45) is -0.562. The van der Waals surface area contributed by atoms with Gasteiger partial charge in [0.25, 0.3) is 5.91 Å². The van der Waals surface area contributed by atoms with Crippen molar-refractivity contribution in [3.05, 3.63) is 46.2 Å². The number of benzene rings is 1. The van der Waals surface area contributed by atoms with Crippen LogP contribution >= 0.6 is 11.3 Å². The lowest BCUT2D eigenvalue weighted by Gasteiger charge is -2.06. The van der Waals surface area contributed by atoms with E-state index in [0.717, 1.165) is 10.6 Å². The third kappa shape index (κ3) is 3.35. The first-order valence-electron chi connectivity index (χ1n) is 7.53. The Morgan fingerprint density at radius 1 is 1.26 bits per heavy atom. The normalized spacial score (nSPS) is 11.3. The number of carbonyl (C=O) groups is 2. The molecule has 1 aromatic carbocycles. The minimum absolute atomic E-state index is 0.0415. The van der Waals surface area contributed by atoms with E-state index >= 15 is 0 Å². The summed E-state index contributed by atoms with van der Waals surface area (Å²) in [6, 6.07) is 4.82. The number of fused-ring (bicyclic) bond motifs is 1. The molecule has 0 aliphatic rings. The molecule has 2 N–H and O–H groups in total. The van der Waals surface area contributed by atoms with Crippen LogP contribution in [0, 0.1) is 12.7 Å². The number of alkyl halides is 2. The number of halogens is 3. The highest BCUT2D eigenvalue weighted by Gasteiger charge is 2.25. The number of hydrogen-bond donors (Lipinski definition) is 2. The van der Waals surface area contributed by atoms with E-state index in [0.29, 0.717) is 11.3 Å². The Morgan fingerprint density at radius 2 is 1.96 bits per heavy atom. The largest absolute Gasteiger partial charge is 0.505 e. The maximum atomic E-state index is 14.4. The van der Waals surface area contributed by atoms with Gasteiger partial charge in [-0.2, -0.15) is 8.78 Å². The van der Waals surface area contributed by atoms with Gasteiger partial charge in [0.05, 0.1) is 16.8 Å². The molecule has 10 heteroatoms. The number of aromatic nitrogens is 1. The van der Waals surface area contributed by atoms with Crippen LogP contribution in [0.15, 0.2) is 24.3 Å². The number of aromatic hydroxyl groups is 1. The molecule has 3 rings (SSSR count). The first-order chi connectivity index (χ1) is 12.7. The van der Waals surface area contributed by atoms with Crippen LogP contribution in [0.25, 0.3) is 10.9 Å². The minimum atomic E-state index is -3.04. The molecule has 0 atom stereocenters. The van der Waals surface area contributed by atoms with Gasteiger partial charge in [-0.05, 0) is 36.8 Å². The summed E-state index contributed by atoms with van der Waals surface area (Å²) < 4.78 is 44.4. The van der Waals surface area contributed by atoms with Crippen molar-refractivity contribution in [2.45, 2.75) is 20.0 Å². The van der Waals surface area contributed by atoms with Gasteiger partial charge < -0.3 is 14.9 Å². The second-order valence-corrected chi connectivity index (χ2v) is 6.61. The van der Waals surface area contributed by atoms with Crippen LogP contribution in [-0.4, -0.2) is 33.3 Å². The topological polar surface area (TPSA) is 88.8 Å². The number of phenols is 1. The Labute approximate surface area is 154 Å². The summed E-state index contributed by atoms with van der Waals surface area (Å²) >= 11 is 0.680. The summed E-state index contributed by atoms with van der Waals surface area (Å²) in [5.41, 5.74) is 0.278. The van der Waals surface area contributed by atoms with Gasteiger partial charge in [-0.3, -0.25) is 14.2 Å². The second kappa shape index (κ2) is 6.95. The predicted molar refractivity (Wildman–Crippen MR) is 90.3 cm³/mol. The zero-order valence-electron chi connectivity index (χ0n) is 13.7. The summed E-state index contributed by atoms with van der Waals surface area (Å²) in [6.45, 7) is -1.60. The molecule has 0 saturated heterocycles. The summed E-state index contributed by atoms with van der Waals surface area (Å²) in [5, 5.41) is 18.4. The zero-order chi connectivity index (χ0) is 19.9. The van der Waals surface area contributed by atoms with Gasteiger partial charge in [0.15, 0.2) is 16.6 Å². The maximum Gasteiger partial charge on any atom is 0.388 e.